The van der Waals surface area contributed by atoms with Crippen LogP contribution in [0.4, 0.5) is 10.1 Å². The molecule has 1 saturated heterocycles. The van der Waals surface area contributed by atoms with Gasteiger partial charge in [0.15, 0.2) is 0 Å². The summed E-state index contributed by atoms with van der Waals surface area (Å²) in [6.07, 6.45) is 3.71. The number of nitrogens with one attached hydrogen (secondary N) is 1. The summed E-state index contributed by atoms with van der Waals surface area (Å²) in [5.41, 5.74) is 1.52. The fourth-order valence-electron chi connectivity index (χ4n) is 3.03. The Balaban J connectivity index is 1.48. The molecule has 0 spiro atoms. The van der Waals surface area contributed by atoms with E-state index in [4.69, 9.17) is 4.74 Å². The van der Waals surface area contributed by atoms with Gasteiger partial charge in [-0.25, -0.2) is 4.39 Å². The molecular weight excluding hydrogens is 255 g/mol. The Kier molecular flexibility index (Phi) is 3.94. The molecule has 0 amide bonds. The van der Waals surface area contributed by atoms with Crippen molar-refractivity contribution in [3.8, 4) is 0 Å². The second-order valence-corrected chi connectivity index (χ2v) is 6.22. The highest BCUT2D eigenvalue weighted by Crippen LogP contribution is 2.45. The third kappa shape index (κ3) is 3.13. The van der Waals surface area contributed by atoms with Gasteiger partial charge in [-0.3, -0.25) is 0 Å². The molecule has 2 aliphatic rings. The quantitative estimate of drug-likeness (QED) is 0.865. The van der Waals surface area contributed by atoms with Crippen LogP contribution in [0.25, 0.3) is 0 Å². The Morgan fingerprint density at radius 2 is 2.10 bits per heavy atom. The van der Waals surface area contributed by atoms with Crippen molar-refractivity contribution in [3.05, 3.63) is 30.1 Å². The van der Waals surface area contributed by atoms with Gasteiger partial charge in [0.25, 0.3) is 0 Å². The number of anilines is 1. The summed E-state index contributed by atoms with van der Waals surface area (Å²) in [4.78, 5) is 2.33. The zero-order valence-corrected chi connectivity index (χ0v) is 12.1. The monoisotopic (exact) mass is 278 g/mol. The number of benzene rings is 1. The highest BCUT2D eigenvalue weighted by atomic mass is 19.1. The van der Waals surface area contributed by atoms with Crippen LogP contribution in [0.3, 0.4) is 0 Å². The van der Waals surface area contributed by atoms with E-state index in [2.05, 4.69) is 10.2 Å². The first-order valence-corrected chi connectivity index (χ1v) is 7.44. The molecule has 20 heavy (non-hydrogen) atoms. The van der Waals surface area contributed by atoms with Gasteiger partial charge < -0.3 is 15.0 Å². The van der Waals surface area contributed by atoms with Crippen LogP contribution in [0.2, 0.25) is 0 Å². The number of rotatable bonds is 6. The van der Waals surface area contributed by atoms with Crippen molar-refractivity contribution in [2.24, 2.45) is 5.41 Å². The normalized spacial score (nSPS) is 24.1. The van der Waals surface area contributed by atoms with Gasteiger partial charge in [-0.1, -0.05) is 0 Å². The zero-order valence-electron chi connectivity index (χ0n) is 12.1. The molecule has 3 rings (SSSR count). The van der Waals surface area contributed by atoms with Crippen molar-refractivity contribution in [1.82, 2.24) is 5.32 Å². The Morgan fingerprint density at radius 1 is 1.35 bits per heavy atom. The lowest BCUT2D eigenvalue weighted by Crippen LogP contribution is -2.37. The maximum absolute atomic E-state index is 12.9. The van der Waals surface area contributed by atoms with Crippen LogP contribution in [0.5, 0.6) is 0 Å². The van der Waals surface area contributed by atoms with Crippen LogP contribution in [-0.2, 0) is 4.74 Å². The van der Waals surface area contributed by atoms with E-state index < -0.39 is 0 Å². The molecule has 1 aromatic carbocycles. The van der Waals surface area contributed by atoms with E-state index in [1.54, 1.807) is 7.11 Å². The van der Waals surface area contributed by atoms with Gasteiger partial charge in [0, 0.05) is 43.9 Å². The van der Waals surface area contributed by atoms with Gasteiger partial charge >= 0.3 is 0 Å². The molecule has 0 bridgehead atoms. The Bertz CT molecular complexity index is 444. The molecule has 1 aliphatic heterocycles. The molecule has 1 aromatic rings. The van der Waals surface area contributed by atoms with Gasteiger partial charge in [-0.2, -0.15) is 0 Å². The largest absolute Gasteiger partial charge is 0.384 e. The fourth-order valence-corrected chi connectivity index (χ4v) is 3.03. The van der Waals surface area contributed by atoms with E-state index in [9.17, 15) is 4.39 Å². The molecule has 1 atom stereocenters. The Morgan fingerprint density at radius 3 is 2.75 bits per heavy atom. The smallest absolute Gasteiger partial charge is 0.123 e. The SMILES string of the molecule is COCC1(CN[C@@H]2CCN(c3ccc(F)cc3)C2)CC1. The molecule has 1 heterocycles. The van der Waals surface area contributed by atoms with E-state index in [1.807, 2.05) is 12.1 Å². The van der Waals surface area contributed by atoms with E-state index >= 15 is 0 Å². The molecule has 110 valence electrons. The van der Waals surface area contributed by atoms with Crippen LogP contribution in [0.1, 0.15) is 19.3 Å². The minimum absolute atomic E-state index is 0.169. The van der Waals surface area contributed by atoms with E-state index in [1.165, 1.54) is 25.0 Å². The van der Waals surface area contributed by atoms with Crippen molar-refractivity contribution >= 4 is 5.69 Å². The van der Waals surface area contributed by atoms with Crippen LogP contribution in [-0.4, -0.2) is 39.4 Å². The molecule has 4 heteroatoms. The summed E-state index contributed by atoms with van der Waals surface area (Å²) in [6, 6.07) is 7.34. The van der Waals surface area contributed by atoms with Gasteiger partial charge in [0.05, 0.1) is 6.61 Å². The van der Waals surface area contributed by atoms with Crippen molar-refractivity contribution in [3.63, 3.8) is 0 Å². The maximum Gasteiger partial charge on any atom is 0.123 e. The molecule has 0 unspecified atom stereocenters. The second-order valence-electron chi connectivity index (χ2n) is 6.22. The predicted molar refractivity (Wildman–Crippen MR) is 78.6 cm³/mol. The molecule has 1 saturated carbocycles. The number of ether oxygens (including phenoxy) is 1. The lowest BCUT2D eigenvalue weighted by molar-refractivity contribution is 0.138. The van der Waals surface area contributed by atoms with Gasteiger partial charge in [-0.05, 0) is 43.5 Å². The van der Waals surface area contributed by atoms with Crippen LogP contribution < -0.4 is 10.2 Å². The molecule has 3 nitrogen and oxygen atoms in total. The van der Waals surface area contributed by atoms with E-state index in [0.29, 0.717) is 11.5 Å². The van der Waals surface area contributed by atoms with Gasteiger partial charge in [0.1, 0.15) is 5.82 Å². The lowest BCUT2D eigenvalue weighted by Gasteiger charge is -2.21. The third-order valence-electron chi connectivity index (χ3n) is 4.55. The standard InChI is InChI=1S/C16H23FN2O/c1-20-12-16(7-8-16)11-18-14-6-9-19(10-14)15-4-2-13(17)3-5-15/h2-5,14,18H,6-12H2,1H3/t14-/m1/s1. The highest BCUT2D eigenvalue weighted by Gasteiger charge is 2.42. The number of hydrogen-bond acceptors (Lipinski definition) is 3. The Hall–Kier alpha value is -1.13. The number of nitrogens with zero attached hydrogens (tertiary/aromatic N) is 1. The number of hydrogen-bond donors (Lipinski definition) is 1. The van der Waals surface area contributed by atoms with E-state index in [-0.39, 0.29) is 5.82 Å². The summed E-state index contributed by atoms with van der Waals surface area (Å²) >= 11 is 0. The van der Waals surface area contributed by atoms with Crippen molar-refractivity contribution in [1.29, 1.82) is 0 Å². The molecular formula is C16H23FN2O. The second kappa shape index (κ2) is 5.70. The summed E-state index contributed by atoms with van der Waals surface area (Å²) in [5.74, 6) is -0.169. The van der Waals surface area contributed by atoms with Crippen LogP contribution >= 0.6 is 0 Å². The van der Waals surface area contributed by atoms with Gasteiger partial charge in [-0.15, -0.1) is 0 Å². The number of halogens is 1. The molecule has 1 N–H and O–H groups in total. The topological polar surface area (TPSA) is 24.5 Å². The average molecular weight is 278 g/mol. The van der Waals surface area contributed by atoms with Crippen molar-refractivity contribution < 1.29 is 9.13 Å². The first-order chi connectivity index (χ1) is 9.71. The number of methoxy groups -OCH3 is 1. The lowest BCUT2D eigenvalue weighted by atomic mass is 10.1. The Labute approximate surface area is 120 Å². The summed E-state index contributed by atoms with van der Waals surface area (Å²) in [7, 11) is 1.78. The predicted octanol–water partition coefficient (Wildman–Crippen LogP) is 2.42. The van der Waals surface area contributed by atoms with Crippen molar-refractivity contribution in [2.75, 3.05) is 38.3 Å². The zero-order chi connectivity index (χ0) is 14.0. The van der Waals surface area contributed by atoms with Gasteiger partial charge in [0.2, 0.25) is 0 Å². The molecule has 0 radical (unpaired) electrons. The van der Waals surface area contributed by atoms with Crippen LogP contribution in [0, 0.1) is 11.2 Å². The molecule has 2 fully saturated rings. The van der Waals surface area contributed by atoms with Crippen molar-refractivity contribution in [2.45, 2.75) is 25.3 Å². The van der Waals surface area contributed by atoms with Crippen LogP contribution in [0.15, 0.2) is 24.3 Å². The summed E-state index contributed by atoms with van der Waals surface area (Å²) in [6.45, 7) is 3.98. The maximum atomic E-state index is 12.9. The average Bonchev–Trinajstić information content (AvgIpc) is 3.05. The third-order valence-corrected chi connectivity index (χ3v) is 4.55. The highest BCUT2D eigenvalue weighted by molar-refractivity contribution is 5.47. The first-order valence-electron chi connectivity index (χ1n) is 7.44. The minimum atomic E-state index is -0.169. The fraction of sp³-hybridized carbons (Fsp3) is 0.625. The van der Waals surface area contributed by atoms with E-state index in [0.717, 1.165) is 38.3 Å². The molecule has 0 aromatic heterocycles. The summed E-state index contributed by atoms with van der Waals surface area (Å²) in [5, 5.41) is 3.68. The minimum Gasteiger partial charge on any atom is -0.384 e. The summed E-state index contributed by atoms with van der Waals surface area (Å²) < 4.78 is 18.2. The molecule has 1 aliphatic carbocycles. The first kappa shape index (κ1) is 13.8.